The molecule has 1 aliphatic heterocycles. The Morgan fingerprint density at radius 2 is 0.971 bits per heavy atom. The SMILES string of the molecule is C.C.CF.FC(F)(F)COC1(F)OC(F)(C(F)(F)F)C(F)(F)OC1(F)C(F)(F)F.FCF.II. The summed E-state index contributed by atoms with van der Waals surface area (Å²) in [5, 5.41) is 0. The first-order chi connectivity index (χ1) is 14.0. The summed E-state index contributed by atoms with van der Waals surface area (Å²) in [6.45, 7) is -5.03. The van der Waals surface area contributed by atoms with E-state index in [4.69, 9.17) is 0 Å². The van der Waals surface area contributed by atoms with Crippen molar-refractivity contribution in [3.63, 3.8) is 0 Å². The summed E-state index contributed by atoms with van der Waals surface area (Å²) in [5.74, 6) is -13.6. The lowest BCUT2D eigenvalue weighted by Gasteiger charge is -2.49. The molecule has 1 rings (SSSR count). The zero-order valence-electron chi connectivity index (χ0n) is 14.3. The molecule has 0 bridgehead atoms. The van der Waals surface area contributed by atoms with Gasteiger partial charge in [0, 0.05) is 37.2 Å². The van der Waals surface area contributed by atoms with Gasteiger partial charge in [-0.05, 0) is 0 Å². The molecule has 0 aromatic carbocycles. The van der Waals surface area contributed by atoms with Crippen LogP contribution in [0.1, 0.15) is 14.9 Å². The molecule has 0 radical (unpaired) electrons. The molecule has 0 aromatic heterocycles. The van der Waals surface area contributed by atoms with E-state index in [9.17, 15) is 74.6 Å². The Morgan fingerprint density at radius 3 is 1.21 bits per heavy atom. The highest BCUT2D eigenvalue weighted by Gasteiger charge is 2.90. The van der Waals surface area contributed by atoms with E-state index in [1.807, 2.05) is 4.74 Å². The van der Waals surface area contributed by atoms with E-state index >= 15 is 0 Å². The lowest BCUT2D eigenvalue weighted by Crippen LogP contribution is -2.77. The molecule has 0 amide bonds. The highest BCUT2D eigenvalue weighted by molar-refractivity contribution is 15.0. The fourth-order valence-corrected chi connectivity index (χ4v) is 1.36. The van der Waals surface area contributed by atoms with E-state index in [1.165, 1.54) is 0 Å². The van der Waals surface area contributed by atoms with E-state index in [0.29, 0.717) is 7.18 Å². The lowest BCUT2D eigenvalue weighted by molar-refractivity contribution is -0.635. The average molecular weight is 784 g/mol. The van der Waals surface area contributed by atoms with Crippen LogP contribution in [0.4, 0.5) is 74.6 Å². The minimum absolute atomic E-state index is 0. The van der Waals surface area contributed by atoms with Gasteiger partial charge in [-0.2, -0.15) is 61.5 Å². The van der Waals surface area contributed by atoms with Crippen molar-refractivity contribution in [1.29, 1.82) is 0 Å². The molecule has 1 saturated heterocycles. The maximum absolute atomic E-state index is 13.8. The van der Waals surface area contributed by atoms with Crippen LogP contribution >= 0.6 is 37.2 Å². The van der Waals surface area contributed by atoms with E-state index in [0.717, 1.165) is 0 Å². The van der Waals surface area contributed by atoms with Crippen molar-refractivity contribution in [3.8, 4) is 0 Å². The van der Waals surface area contributed by atoms with Gasteiger partial charge in [-0.15, -0.1) is 0 Å². The fourth-order valence-electron chi connectivity index (χ4n) is 1.36. The van der Waals surface area contributed by atoms with Crippen LogP contribution in [0.15, 0.2) is 0 Å². The van der Waals surface area contributed by atoms with Crippen LogP contribution in [-0.4, -0.2) is 63.1 Å². The van der Waals surface area contributed by atoms with Crippen molar-refractivity contribution in [3.05, 3.63) is 0 Å². The average Bonchev–Trinajstić information content (AvgIpc) is 2.60. The third-order valence-corrected chi connectivity index (χ3v) is 2.45. The largest absolute Gasteiger partial charge is 0.458 e. The minimum Gasteiger partial charge on any atom is -0.309 e. The van der Waals surface area contributed by atoms with Gasteiger partial charge in [0.1, 0.15) is 6.61 Å². The van der Waals surface area contributed by atoms with Crippen LogP contribution in [0, 0.1) is 0 Å². The molecule has 1 fully saturated rings. The Labute approximate surface area is 203 Å². The minimum atomic E-state index is -7.08. The fraction of sp³-hybridized carbons (Fsp3) is 1.00. The van der Waals surface area contributed by atoms with Crippen LogP contribution in [0.5, 0.6) is 0 Å². The Kier molecular flexibility index (Phi) is 20.0. The molecule has 3 unspecified atom stereocenters. The number of hydrogen-bond acceptors (Lipinski definition) is 3. The number of rotatable bonds is 2. The molecule has 0 spiro atoms. The van der Waals surface area contributed by atoms with Gasteiger partial charge >= 0.3 is 42.4 Å². The number of ether oxygens (including phenoxy) is 3. The zero-order chi connectivity index (χ0) is 27.0. The van der Waals surface area contributed by atoms with Crippen LogP contribution in [0.3, 0.4) is 0 Å². The van der Waals surface area contributed by atoms with E-state index in [2.05, 4.69) is 46.7 Å². The molecular weight excluding hydrogens is 769 g/mol. The monoisotopic (exact) mass is 784 g/mol. The van der Waals surface area contributed by atoms with Crippen LogP contribution in [0.2, 0.25) is 0 Å². The molecule has 1 heterocycles. The summed E-state index contributed by atoms with van der Waals surface area (Å²) in [5.41, 5.74) is 0. The van der Waals surface area contributed by atoms with E-state index in [1.54, 1.807) is 0 Å². The quantitative estimate of drug-likeness (QED) is 0.207. The molecule has 0 N–H and O–H groups in total. The molecule has 1 aliphatic rings. The molecule has 0 aliphatic carbocycles. The second-order valence-electron chi connectivity index (χ2n) is 4.45. The smallest absolute Gasteiger partial charge is 0.309 e. The summed E-state index contributed by atoms with van der Waals surface area (Å²) in [6.07, 6.45) is -26.8. The van der Waals surface area contributed by atoms with Gasteiger partial charge in [-0.3, -0.25) is 13.9 Å². The summed E-state index contributed by atoms with van der Waals surface area (Å²) in [7, 11) is 0.500. The highest BCUT2D eigenvalue weighted by Crippen LogP contribution is 2.61. The first-order valence-corrected chi connectivity index (χ1v) is 12.6. The topological polar surface area (TPSA) is 27.7 Å². The molecule has 214 valence electrons. The van der Waals surface area contributed by atoms with Gasteiger partial charge in [0.15, 0.2) is 0 Å². The predicted molar refractivity (Wildman–Crippen MR) is 98.4 cm³/mol. The second kappa shape index (κ2) is 15.4. The second-order valence-corrected chi connectivity index (χ2v) is 4.45. The van der Waals surface area contributed by atoms with Gasteiger partial charge in [0.2, 0.25) is 6.93 Å². The number of hydrogen-bond donors (Lipinski definition) is 0. The van der Waals surface area contributed by atoms with Gasteiger partial charge < -0.3 is 4.74 Å². The Morgan fingerprint density at radius 1 is 0.676 bits per heavy atom. The number of halogens is 19. The van der Waals surface area contributed by atoms with Crippen LogP contribution in [-0.2, 0) is 14.2 Å². The summed E-state index contributed by atoms with van der Waals surface area (Å²) in [4.78, 5) is 0. The molecule has 34 heavy (non-hydrogen) atoms. The Balaban J connectivity index is -0.000000281. The van der Waals surface area contributed by atoms with E-state index < -0.39 is 55.9 Å². The molecule has 3 nitrogen and oxygen atoms in total. The standard InChI is InChI=1S/C8H2F14O3.CH2F2.CH3F.2CH4.I2/c9-2(10,11)1-23-8(22)4(13,6(17,18)19)24-7(20,21)3(12,25-8)5(14,15)16;2-1-3;1-2;;;1-2/h1H2;1H2;1H3;2*1H4;. The zero-order valence-corrected chi connectivity index (χ0v) is 18.6. The van der Waals surface area contributed by atoms with Crippen LogP contribution < -0.4 is 0 Å². The maximum atomic E-state index is 13.8. The van der Waals surface area contributed by atoms with Gasteiger partial charge in [0.05, 0.1) is 7.18 Å². The molecular formula is C12H15F17I2O3. The van der Waals surface area contributed by atoms with Crippen molar-refractivity contribution in [1.82, 2.24) is 0 Å². The normalized spacial score (nSPS) is 28.2. The lowest BCUT2D eigenvalue weighted by atomic mass is 10.1. The molecule has 22 heteroatoms. The number of alkyl halides is 17. The van der Waals surface area contributed by atoms with Gasteiger partial charge in [-0.1, -0.05) is 14.9 Å². The van der Waals surface area contributed by atoms with Crippen molar-refractivity contribution < 1.29 is 88.8 Å². The van der Waals surface area contributed by atoms with Crippen molar-refractivity contribution in [2.75, 3.05) is 20.7 Å². The van der Waals surface area contributed by atoms with Crippen molar-refractivity contribution in [2.24, 2.45) is 0 Å². The summed E-state index contributed by atoms with van der Waals surface area (Å²) in [6, 6.07) is -6.44. The Bertz CT molecular complexity index is 543. The van der Waals surface area contributed by atoms with Gasteiger partial charge in [-0.25, -0.2) is 8.78 Å². The molecule has 0 saturated carbocycles. The third-order valence-electron chi connectivity index (χ3n) is 2.45. The van der Waals surface area contributed by atoms with Crippen molar-refractivity contribution in [2.45, 2.75) is 57.2 Å². The Hall–Kier alpha value is 0.150. The predicted octanol–water partition coefficient (Wildman–Crippen LogP) is 8.80. The third kappa shape index (κ3) is 10.3. The highest BCUT2D eigenvalue weighted by atomic mass is 128. The van der Waals surface area contributed by atoms with Crippen LogP contribution in [0.25, 0.3) is 0 Å². The van der Waals surface area contributed by atoms with E-state index in [-0.39, 0.29) is 14.9 Å². The molecule has 0 aromatic rings. The first-order valence-electron chi connectivity index (χ1n) is 6.36. The first kappa shape index (κ1) is 44.2. The molecule has 3 atom stereocenters. The van der Waals surface area contributed by atoms with Crippen molar-refractivity contribution >= 4 is 37.2 Å². The summed E-state index contributed by atoms with van der Waals surface area (Å²) < 4.78 is 212. The van der Waals surface area contributed by atoms with Gasteiger partial charge in [0.25, 0.3) is 0 Å². The summed E-state index contributed by atoms with van der Waals surface area (Å²) >= 11 is 4.24. The maximum Gasteiger partial charge on any atom is 0.458 e.